The summed E-state index contributed by atoms with van der Waals surface area (Å²) in [5.41, 5.74) is 0.253. The summed E-state index contributed by atoms with van der Waals surface area (Å²) in [6, 6.07) is 20.6. The lowest BCUT2D eigenvalue weighted by Crippen LogP contribution is -2.20. The molecular weight excluding hydrogens is 475 g/mol. The number of carbonyl (C=O) groups excluding carboxylic acids is 1. The van der Waals surface area contributed by atoms with Crippen LogP contribution in [0.15, 0.2) is 84.0 Å². The normalized spacial score (nSPS) is 12.4. The first kappa shape index (κ1) is 22.8. The fourth-order valence-corrected chi connectivity index (χ4v) is 4.15. The Balaban J connectivity index is 1.66. The molecule has 0 aliphatic carbocycles. The smallest absolute Gasteiger partial charge is 0.323 e. The predicted molar refractivity (Wildman–Crippen MR) is 119 cm³/mol. The summed E-state index contributed by atoms with van der Waals surface area (Å²) in [5.74, 6) is -0.574. The van der Waals surface area contributed by atoms with E-state index >= 15 is 0 Å². The zero-order chi connectivity index (χ0) is 23.4. The van der Waals surface area contributed by atoms with Crippen molar-refractivity contribution in [2.45, 2.75) is 16.6 Å². The van der Waals surface area contributed by atoms with E-state index in [1.54, 1.807) is 42.5 Å². The van der Waals surface area contributed by atoms with Gasteiger partial charge in [-0.25, -0.2) is 0 Å². The molecule has 0 saturated heterocycles. The summed E-state index contributed by atoms with van der Waals surface area (Å²) in [6.45, 7) is 0. The SMILES string of the molecule is O=C(Nc1cc(C(F)(F)F)ccc1Cl)[C@H](Sc1nnnn1-c1ccccc1)c1ccccc1. The number of aromatic nitrogens is 4. The van der Waals surface area contributed by atoms with Crippen LogP contribution in [0.1, 0.15) is 16.4 Å². The van der Waals surface area contributed by atoms with Gasteiger partial charge in [-0.1, -0.05) is 71.9 Å². The number of nitrogens with zero attached hydrogens (tertiary/aromatic N) is 4. The fraction of sp³-hybridized carbons (Fsp3) is 0.0909. The molecule has 0 radical (unpaired) electrons. The molecule has 11 heteroatoms. The number of benzene rings is 3. The van der Waals surface area contributed by atoms with Gasteiger partial charge < -0.3 is 5.32 Å². The van der Waals surface area contributed by atoms with E-state index in [-0.39, 0.29) is 10.7 Å². The Morgan fingerprint density at radius 2 is 1.67 bits per heavy atom. The van der Waals surface area contributed by atoms with E-state index in [9.17, 15) is 18.0 Å². The van der Waals surface area contributed by atoms with Crippen molar-refractivity contribution in [3.63, 3.8) is 0 Å². The van der Waals surface area contributed by atoms with Gasteiger partial charge in [-0.3, -0.25) is 4.79 Å². The van der Waals surface area contributed by atoms with E-state index < -0.39 is 22.9 Å². The maximum atomic E-state index is 13.3. The molecular formula is C22H15ClF3N5OS. The van der Waals surface area contributed by atoms with Crippen LogP contribution in [0.2, 0.25) is 5.02 Å². The lowest BCUT2D eigenvalue weighted by Gasteiger charge is -2.18. The molecule has 33 heavy (non-hydrogen) atoms. The molecule has 0 unspecified atom stereocenters. The topological polar surface area (TPSA) is 72.7 Å². The molecule has 0 aliphatic heterocycles. The number of hydrogen-bond donors (Lipinski definition) is 1. The fourth-order valence-electron chi connectivity index (χ4n) is 2.99. The van der Waals surface area contributed by atoms with Crippen LogP contribution in [0.5, 0.6) is 0 Å². The molecule has 3 aromatic carbocycles. The highest BCUT2D eigenvalue weighted by Gasteiger charge is 2.32. The average molecular weight is 490 g/mol. The zero-order valence-corrected chi connectivity index (χ0v) is 18.3. The highest BCUT2D eigenvalue weighted by molar-refractivity contribution is 8.00. The highest BCUT2D eigenvalue weighted by atomic mass is 35.5. The van der Waals surface area contributed by atoms with Crippen molar-refractivity contribution in [3.05, 3.63) is 95.0 Å². The summed E-state index contributed by atoms with van der Waals surface area (Å²) < 4.78 is 40.9. The molecule has 4 rings (SSSR count). The molecule has 0 fully saturated rings. The van der Waals surface area contributed by atoms with Gasteiger partial charge in [0.2, 0.25) is 11.1 Å². The maximum absolute atomic E-state index is 13.3. The molecule has 168 valence electrons. The lowest BCUT2D eigenvalue weighted by molar-refractivity contribution is -0.137. The third kappa shape index (κ3) is 5.35. The Labute approximate surface area is 195 Å². The van der Waals surface area contributed by atoms with E-state index in [0.29, 0.717) is 16.4 Å². The first-order valence-electron chi connectivity index (χ1n) is 9.56. The van der Waals surface area contributed by atoms with Gasteiger partial charge in [0.25, 0.3) is 0 Å². The van der Waals surface area contributed by atoms with E-state index in [2.05, 4.69) is 20.8 Å². The number of alkyl halides is 3. The number of para-hydroxylation sites is 1. The zero-order valence-electron chi connectivity index (χ0n) is 16.7. The molecule has 1 atom stereocenters. The number of halogens is 4. The van der Waals surface area contributed by atoms with Crippen LogP contribution >= 0.6 is 23.4 Å². The maximum Gasteiger partial charge on any atom is 0.416 e. The van der Waals surface area contributed by atoms with Crippen LogP contribution < -0.4 is 5.32 Å². The molecule has 0 spiro atoms. The van der Waals surface area contributed by atoms with Crippen molar-refractivity contribution < 1.29 is 18.0 Å². The molecule has 1 N–H and O–H groups in total. The third-order valence-corrected chi connectivity index (χ3v) is 6.07. The molecule has 0 bridgehead atoms. The predicted octanol–water partition coefficient (Wildman–Crippen LogP) is 5.81. The monoisotopic (exact) mass is 489 g/mol. The number of carbonyl (C=O) groups is 1. The Kier molecular flexibility index (Phi) is 6.66. The van der Waals surface area contributed by atoms with Crippen LogP contribution in [0.25, 0.3) is 5.69 Å². The second kappa shape index (κ2) is 9.63. The van der Waals surface area contributed by atoms with Gasteiger partial charge in [-0.05, 0) is 46.3 Å². The van der Waals surface area contributed by atoms with Crippen molar-refractivity contribution in [2.75, 3.05) is 5.32 Å². The van der Waals surface area contributed by atoms with Crippen LogP contribution in [0.3, 0.4) is 0 Å². The molecule has 1 aromatic heterocycles. The second-order valence-electron chi connectivity index (χ2n) is 6.80. The molecule has 1 amide bonds. The van der Waals surface area contributed by atoms with E-state index in [4.69, 9.17) is 11.6 Å². The molecule has 1 heterocycles. The van der Waals surface area contributed by atoms with Crippen LogP contribution in [0.4, 0.5) is 18.9 Å². The quantitative estimate of drug-likeness (QED) is 0.346. The van der Waals surface area contributed by atoms with Gasteiger partial charge in [-0.2, -0.15) is 17.9 Å². The van der Waals surface area contributed by atoms with Crippen molar-refractivity contribution in [3.8, 4) is 5.69 Å². The minimum atomic E-state index is -4.57. The Morgan fingerprint density at radius 1 is 1.00 bits per heavy atom. The van der Waals surface area contributed by atoms with Gasteiger partial charge in [0.1, 0.15) is 5.25 Å². The van der Waals surface area contributed by atoms with Crippen molar-refractivity contribution >= 4 is 35.0 Å². The first-order chi connectivity index (χ1) is 15.8. The number of amides is 1. The minimum absolute atomic E-state index is 0.0118. The van der Waals surface area contributed by atoms with Crippen LogP contribution in [-0.2, 0) is 11.0 Å². The van der Waals surface area contributed by atoms with Crippen LogP contribution in [-0.4, -0.2) is 26.1 Å². The highest BCUT2D eigenvalue weighted by Crippen LogP contribution is 2.38. The Morgan fingerprint density at radius 3 is 2.33 bits per heavy atom. The Hall–Kier alpha value is -3.37. The number of tetrazole rings is 1. The largest absolute Gasteiger partial charge is 0.416 e. The Bertz CT molecular complexity index is 1250. The van der Waals surface area contributed by atoms with E-state index in [1.807, 2.05) is 18.2 Å². The van der Waals surface area contributed by atoms with E-state index in [1.165, 1.54) is 4.68 Å². The van der Waals surface area contributed by atoms with Crippen molar-refractivity contribution in [1.29, 1.82) is 0 Å². The third-order valence-electron chi connectivity index (χ3n) is 4.56. The molecule has 6 nitrogen and oxygen atoms in total. The number of hydrogen-bond acceptors (Lipinski definition) is 5. The molecule has 0 saturated carbocycles. The van der Waals surface area contributed by atoms with Gasteiger partial charge in [0.15, 0.2) is 0 Å². The molecule has 4 aromatic rings. The number of rotatable bonds is 6. The standard InChI is InChI=1S/C22H15ClF3N5OS/c23-17-12-11-15(22(24,25)26)13-18(17)27-20(32)19(14-7-3-1-4-8-14)33-21-28-29-30-31(21)16-9-5-2-6-10-16/h1-13,19H,(H,27,32)/t19-/m1/s1. The van der Waals surface area contributed by atoms with Gasteiger partial charge in [-0.15, -0.1) is 5.10 Å². The summed E-state index contributed by atoms with van der Waals surface area (Å²) in [6.07, 6.45) is -4.57. The average Bonchev–Trinajstić information content (AvgIpc) is 3.27. The summed E-state index contributed by atoms with van der Waals surface area (Å²) >= 11 is 7.13. The van der Waals surface area contributed by atoms with E-state index in [0.717, 1.165) is 30.0 Å². The minimum Gasteiger partial charge on any atom is -0.323 e. The number of thioether (sulfide) groups is 1. The second-order valence-corrected chi connectivity index (χ2v) is 8.28. The van der Waals surface area contributed by atoms with Crippen molar-refractivity contribution in [2.24, 2.45) is 0 Å². The van der Waals surface area contributed by atoms with Crippen LogP contribution in [0, 0.1) is 0 Å². The van der Waals surface area contributed by atoms with Gasteiger partial charge >= 0.3 is 6.18 Å². The van der Waals surface area contributed by atoms with Crippen molar-refractivity contribution in [1.82, 2.24) is 20.2 Å². The molecule has 0 aliphatic rings. The summed E-state index contributed by atoms with van der Waals surface area (Å²) in [4.78, 5) is 13.3. The number of nitrogens with one attached hydrogen (secondary N) is 1. The van der Waals surface area contributed by atoms with Gasteiger partial charge in [0.05, 0.1) is 22.0 Å². The first-order valence-corrected chi connectivity index (χ1v) is 10.8. The lowest BCUT2D eigenvalue weighted by atomic mass is 10.1. The summed E-state index contributed by atoms with van der Waals surface area (Å²) in [7, 11) is 0. The van der Waals surface area contributed by atoms with Gasteiger partial charge in [0, 0.05) is 0 Å². The summed E-state index contributed by atoms with van der Waals surface area (Å²) in [5, 5.41) is 13.7. The number of anilines is 1.